The maximum Gasteiger partial charge on any atom is 0.289 e. The van der Waals surface area contributed by atoms with Crippen LogP contribution in [0.15, 0.2) is 29.6 Å². The standard InChI is InChI=1S/C11H6ClIN2O3S/c12-8-2-1-7(4-9(8)15(17)18)14-11(16)6-3-10(13)19-5-6/h1-5H,(H,14,16). The van der Waals surface area contributed by atoms with E-state index in [9.17, 15) is 14.9 Å². The Labute approximate surface area is 130 Å². The summed E-state index contributed by atoms with van der Waals surface area (Å²) in [6.45, 7) is 0. The van der Waals surface area contributed by atoms with E-state index in [-0.39, 0.29) is 16.6 Å². The number of halogens is 2. The molecular weight excluding hydrogens is 403 g/mol. The van der Waals surface area contributed by atoms with Gasteiger partial charge >= 0.3 is 0 Å². The van der Waals surface area contributed by atoms with Gasteiger partial charge in [0.05, 0.1) is 13.4 Å². The Kier molecular flexibility index (Phi) is 4.38. The van der Waals surface area contributed by atoms with Crippen molar-refractivity contribution in [3.63, 3.8) is 0 Å². The van der Waals surface area contributed by atoms with E-state index in [4.69, 9.17) is 11.6 Å². The maximum absolute atomic E-state index is 11.9. The second-order valence-electron chi connectivity index (χ2n) is 3.52. The highest BCUT2D eigenvalue weighted by atomic mass is 127. The smallest absolute Gasteiger partial charge is 0.289 e. The Morgan fingerprint density at radius 1 is 1.42 bits per heavy atom. The normalized spacial score (nSPS) is 10.2. The monoisotopic (exact) mass is 408 g/mol. The average molecular weight is 409 g/mol. The first kappa shape index (κ1) is 14.2. The largest absolute Gasteiger partial charge is 0.322 e. The van der Waals surface area contributed by atoms with E-state index in [1.54, 1.807) is 11.4 Å². The number of carbonyl (C=O) groups is 1. The number of nitro groups is 1. The van der Waals surface area contributed by atoms with Crippen molar-refractivity contribution >= 4 is 62.8 Å². The molecule has 0 saturated carbocycles. The molecule has 98 valence electrons. The number of nitrogens with one attached hydrogen (secondary N) is 1. The van der Waals surface area contributed by atoms with Gasteiger partial charge in [-0.25, -0.2) is 0 Å². The molecule has 1 heterocycles. The number of thiophene rings is 1. The quantitative estimate of drug-likeness (QED) is 0.471. The molecule has 2 aromatic rings. The lowest BCUT2D eigenvalue weighted by Gasteiger charge is -2.04. The molecule has 0 atom stereocenters. The first-order valence-electron chi connectivity index (χ1n) is 4.96. The van der Waals surface area contributed by atoms with Crippen LogP contribution in [0.5, 0.6) is 0 Å². The molecule has 0 radical (unpaired) electrons. The molecule has 1 aromatic carbocycles. The van der Waals surface area contributed by atoms with Gasteiger partial charge in [0.15, 0.2) is 0 Å². The number of nitrogens with zero attached hydrogens (tertiary/aromatic N) is 1. The molecule has 0 spiro atoms. The third kappa shape index (κ3) is 3.43. The van der Waals surface area contributed by atoms with Crippen LogP contribution in [0, 0.1) is 13.0 Å². The lowest BCUT2D eigenvalue weighted by molar-refractivity contribution is -0.384. The number of hydrogen-bond acceptors (Lipinski definition) is 4. The van der Waals surface area contributed by atoms with Crippen LogP contribution >= 0.6 is 45.5 Å². The van der Waals surface area contributed by atoms with Crippen LogP contribution in [0.25, 0.3) is 0 Å². The summed E-state index contributed by atoms with van der Waals surface area (Å²) in [7, 11) is 0. The van der Waals surface area contributed by atoms with E-state index in [0.717, 1.165) is 2.88 Å². The Morgan fingerprint density at radius 2 is 2.16 bits per heavy atom. The summed E-state index contributed by atoms with van der Waals surface area (Å²) in [6.07, 6.45) is 0. The van der Waals surface area contributed by atoms with Crippen LogP contribution in [0.2, 0.25) is 5.02 Å². The van der Waals surface area contributed by atoms with Crippen LogP contribution in [0.3, 0.4) is 0 Å². The molecule has 0 aliphatic carbocycles. The van der Waals surface area contributed by atoms with Gasteiger partial charge in [-0.2, -0.15) is 0 Å². The molecule has 5 nitrogen and oxygen atoms in total. The number of carbonyl (C=O) groups excluding carboxylic acids is 1. The third-order valence-corrected chi connectivity index (χ3v) is 4.34. The van der Waals surface area contributed by atoms with E-state index in [0.29, 0.717) is 11.3 Å². The number of hydrogen-bond donors (Lipinski definition) is 1. The highest BCUT2D eigenvalue weighted by Crippen LogP contribution is 2.27. The summed E-state index contributed by atoms with van der Waals surface area (Å²) in [4.78, 5) is 22.0. The minimum absolute atomic E-state index is 0.0353. The second kappa shape index (κ2) is 5.85. The van der Waals surface area contributed by atoms with Gasteiger partial charge in [-0.15, -0.1) is 11.3 Å². The van der Waals surface area contributed by atoms with Crippen molar-refractivity contribution < 1.29 is 9.72 Å². The van der Waals surface area contributed by atoms with Crippen LogP contribution in [-0.2, 0) is 0 Å². The molecule has 2 rings (SSSR count). The molecule has 0 saturated heterocycles. The van der Waals surface area contributed by atoms with Crippen LogP contribution in [0.4, 0.5) is 11.4 Å². The molecule has 0 bridgehead atoms. The maximum atomic E-state index is 11.9. The van der Waals surface area contributed by atoms with E-state index >= 15 is 0 Å². The third-order valence-electron chi connectivity index (χ3n) is 2.23. The van der Waals surface area contributed by atoms with Crippen molar-refractivity contribution in [2.75, 3.05) is 5.32 Å². The SMILES string of the molecule is O=C(Nc1ccc(Cl)c([N+](=O)[O-])c1)c1csc(I)c1. The predicted octanol–water partition coefficient (Wildman–Crippen LogP) is 4.17. The summed E-state index contributed by atoms with van der Waals surface area (Å²) in [5, 5.41) is 15.1. The zero-order valence-corrected chi connectivity index (χ0v) is 13.0. The lowest BCUT2D eigenvalue weighted by atomic mass is 10.2. The number of benzene rings is 1. The minimum atomic E-state index is -0.592. The van der Waals surface area contributed by atoms with Crippen LogP contribution in [-0.4, -0.2) is 10.8 Å². The van der Waals surface area contributed by atoms with E-state index < -0.39 is 4.92 Å². The highest BCUT2D eigenvalue weighted by Gasteiger charge is 2.15. The predicted molar refractivity (Wildman–Crippen MR) is 83.1 cm³/mol. The molecule has 1 aromatic heterocycles. The average Bonchev–Trinajstić information content (AvgIpc) is 2.78. The summed E-state index contributed by atoms with van der Waals surface area (Å²) >= 11 is 9.26. The highest BCUT2D eigenvalue weighted by molar-refractivity contribution is 14.1. The van der Waals surface area contributed by atoms with Crippen molar-refractivity contribution in [2.24, 2.45) is 0 Å². The van der Waals surface area contributed by atoms with Crippen molar-refractivity contribution in [2.45, 2.75) is 0 Å². The fourth-order valence-electron chi connectivity index (χ4n) is 1.36. The van der Waals surface area contributed by atoms with Crippen molar-refractivity contribution in [3.05, 3.63) is 53.2 Å². The summed E-state index contributed by atoms with van der Waals surface area (Å²) in [5.41, 5.74) is 0.619. The Hall–Kier alpha value is -1.19. The molecular formula is C11H6ClIN2O3S. The Balaban J connectivity index is 2.22. The van der Waals surface area contributed by atoms with Crippen LogP contribution < -0.4 is 5.32 Å². The molecule has 0 aliphatic heterocycles. The molecule has 1 N–H and O–H groups in total. The summed E-state index contributed by atoms with van der Waals surface area (Å²) < 4.78 is 0.991. The number of anilines is 1. The molecule has 0 fully saturated rings. The number of amides is 1. The van der Waals surface area contributed by atoms with Gasteiger partial charge in [0.1, 0.15) is 5.02 Å². The zero-order valence-electron chi connectivity index (χ0n) is 9.22. The Morgan fingerprint density at radius 3 is 2.74 bits per heavy atom. The van der Waals surface area contributed by atoms with Gasteiger partial charge < -0.3 is 5.32 Å². The summed E-state index contributed by atoms with van der Waals surface area (Å²) in [5.74, 6) is -0.309. The van der Waals surface area contributed by atoms with Gasteiger partial charge in [0.2, 0.25) is 0 Å². The molecule has 1 amide bonds. The summed E-state index contributed by atoms with van der Waals surface area (Å²) in [6, 6.07) is 5.87. The van der Waals surface area contributed by atoms with Gasteiger partial charge in [-0.3, -0.25) is 14.9 Å². The molecule has 19 heavy (non-hydrogen) atoms. The van der Waals surface area contributed by atoms with Gasteiger partial charge in [-0.1, -0.05) is 11.6 Å². The van der Waals surface area contributed by atoms with Crippen molar-refractivity contribution in [3.8, 4) is 0 Å². The first-order chi connectivity index (χ1) is 8.97. The van der Waals surface area contributed by atoms with E-state index in [1.165, 1.54) is 29.5 Å². The van der Waals surface area contributed by atoms with Crippen molar-refractivity contribution in [1.82, 2.24) is 0 Å². The first-order valence-corrected chi connectivity index (χ1v) is 7.30. The Bertz CT molecular complexity index is 659. The topological polar surface area (TPSA) is 72.2 Å². The minimum Gasteiger partial charge on any atom is -0.322 e. The van der Waals surface area contributed by atoms with Gasteiger partial charge in [-0.05, 0) is 40.8 Å². The molecule has 0 aliphatic rings. The van der Waals surface area contributed by atoms with E-state index in [1.807, 2.05) is 0 Å². The van der Waals surface area contributed by atoms with Gasteiger partial charge in [0.25, 0.3) is 11.6 Å². The fourth-order valence-corrected chi connectivity index (χ4v) is 2.88. The number of rotatable bonds is 3. The zero-order chi connectivity index (χ0) is 14.0. The lowest BCUT2D eigenvalue weighted by Crippen LogP contribution is -2.10. The van der Waals surface area contributed by atoms with Crippen molar-refractivity contribution in [1.29, 1.82) is 0 Å². The number of nitro benzene ring substituents is 1. The molecule has 0 unspecified atom stereocenters. The van der Waals surface area contributed by atoms with E-state index in [2.05, 4.69) is 27.9 Å². The van der Waals surface area contributed by atoms with Gasteiger partial charge in [0, 0.05) is 17.1 Å². The fraction of sp³-hybridized carbons (Fsp3) is 0. The van der Waals surface area contributed by atoms with Crippen LogP contribution in [0.1, 0.15) is 10.4 Å². The second-order valence-corrected chi connectivity index (χ2v) is 6.73. The molecule has 8 heteroatoms.